The van der Waals surface area contributed by atoms with Crippen molar-refractivity contribution in [2.24, 2.45) is 0 Å². The van der Waals surface area contributed by atoms with E-state index >= 15 is 0 Å². The summed E-state index contributed by atoms with van der Waals surface area (Å²) in [7, 11) is 0. The summed E-state index contributed by atoms with van der Waals surface area (Å²) in [5.74, 6) is 0. The fourth-order valence-corrected chi connectivity index (χ4v) is 10.2. The van der Waals surface area contributed by atoms with Crippen LogP contribution in [0, 0.1) is 0 Å². The Hall–Kier alpha value is -8.66. The van der Waals surface area contributed by atoms with Crippen LogP contribution in [0.3, 0.4) is 0 Å². The molecule has 0 bridgehead atoms. The number of aromatic nitrogens is 1. The van der Waals surface area contributed by atoms with E-state index in [9.17, 15) is 0 Å². The van der Waals surface area contributed by atoms with Crippen molar-refractivity contribution < 1.29 is 4.42 Å². The molecule has 0 unspecified atom stereocenters. The molecule has 2 aromatic heterocycles. The van der Waals surface area contributed by atoms with Crippen molar-refractivity contribution in [3.05, 3.63) is 243 Å². The highest BCUT2D eigenvalue weighted by atomic mass is 16.3. The van der Waals surface area contributed by atoms with Crippen LogP contribution in [-0.4, -0.2) is 4.57 Å². The lowest BCUT2D eigenvalue weighted by Crippen LogP contribution is -2.10. The Bertz CT molecular complexity index is 3820. The molecule has 0 aliphatic rings. The first kappa shape index (κ1) is 36.9. The molecule has 0 N–H and O–H groups in total. The predicted octanol–water partition coefficient (Wildman–Crippen LogP) is 17.5. The van der Waals surface area contributed by atoms with Gasteiger partial charge in [-0.2, -0.15) is 0 Å². The molecule has 0 aliphatic heterocycles. The number of hydrogen-bond acceptors (Lipinski definition) is 2. The molecule has 0 atom stereocenters. The second-order valence-electron chi connectivity index (χ2n) is 16.8. The zero-order valence-corrected chi connectivity index (χ0v) is 35.4. The lowest BCUT2D eigenvalue weighted by molar-refractivity contribution is 0.669. The van der Waals surface area contributed by atoms with Gasteiger partial charge in [0.2, 0.25) is 0 Å². The van der Waals surface area contributed by atoms with Crippen LogP contribution in [0.1, 0.15) is 0 Å². The second kappa shape index (κ2) is 15.0. The summed E-state index contributed by atoms with van der Waals surface area (Å²) >= 11 is 0. The number of benzene rings is 11. The van der Waals surface area contributed by atoms with Gasteiger partial charge in [-0.25, -0.2) is 0 Å². The molecule has 0 fully saturated rings. The van der Waals surface area contributed by atoms with Gasteiger partial charge in [0.25, 0.3) is 0 Å². The summed E-state index contributed by atoms with van der Waals surface area (Å²) in [4.78, 5) is 2.38. The summed E-state index contributed by atoms with van der Waals surface area (Å²) in [6.45, 7) is 0. The van der Waals surface area contributed by atoms with Crippen LogP contribution in [0.4, 0.5) is 17.1 Å². The van der Waals surface area contributed by atoms with Crippen LogP contribution in [0.25, 0.3) is 104 Å². The summed E-state index contributed by atoms with van der Waals surface area (Å²) in [6, 6.07) is 87.6. The van der Waals surface area contributed by atoms with Gasteiger partial charge in [0, 0.05) is 55.9 Å². The molecule has 0 radical (unpaired) electrons. The molecule has 13 aromatic rings. The van der Waals surface area contributed by atoms with Crippen LogP contribution < -0.4 is 4.90 Å². The number of nitrogens with zero attached hydrogens (tertiary/aromatic N) is 2. The third-order valence-electron chi connectivity index (χ3n) is 13.2. The highest BCUT2D eigenvalue weighted by molar-refractivity contribution is 6.30. The number of fused-ring (bicyclic) bond motifs is 9. The van der Waals surface area contributed by atoms with Gasteiger partial charge in [0.05, 0.1) is 11.0 Å². The molecule has 65 heavy (non-hydrogen) atoms. The van der Waals surface area contributed by atoms with Crippen molar-refractivity contribution in [1.82, 2.24) is 4.57 Å². The maximum absolute atomic E-state index is 6.85. The van der Waals surface area contributed by atoms with E-state index in [2.05, 4.69) is 252 Å². The van der Waals surface area contributed by atoms with E-state index in [4.69, 9.17) is 4.42 Å². The third kappa shape index (κ3) is 6.05. The molecular weight excluding hydrogens is 789 g/mol. The Morgan fingerprint density at radius 3 is 1.51 bits per heavy atom. The van der Waals surface area contributed by atoms with Crippen molar-refractivity contribution in [2.45, 2.75) is 0 Å². The highest BCUT2D eigenvalue weighted by Crippen LogP contribution is 2.50. The first-order valence-electron chi connectivity index (χ1n) is 22.2. The Morgan fingerprint density at radius 1 is 0.323 bits per heavy atom. The van der Waals surface area contributed by atoms with E-state index in [1.54, 1.807) is 0 Å². The molecule has 0 saturated heterocycles. The minimum absolute atomic E-state index is 0.866. The van der Waals surface area contributed by atoms with Crippen molar-refractivity contribution in [3.8, 4) is 39.1 Å². The summed E-state index contributed by atoms with van der Waals surface area (Å²) < 4.78 is 9.28. The van der Waals surface area contributed by atoms with E-state index in [-0.39, 0.29) is 0 Å². The molecule has 304 valence electrons. The Labute approximate surface area is 376 Å². The summed E-state index contributed by atoms with van der Waals surface area (Å²) in [6.07, 6.45) is 0. The number of para-hydroxylation sites is 2. The molecular formula is C62H40N2O. The molecule has 3 heteroatoms. The number of rotatable bonds is 7. The fourth-order valence-electron chi connectivity index (χ4n) is 10.2. The van der Waals surface area contributed by atoms with Gasteiger partial charge in [0.1, 0.15) is 11.2 Å². The molecule has 0 aliphatic carbocycles. The smallest absolute Gasteiger partial charge is 0.138 e. The zero-order chi connectivity index (χ0) is 42.8. The van der Waals surface area contributed by atoms with E-state index in [1.165, 1.54) is 65.7 Å². The Morgan fingerprint density at radius 2 is 0.846 bits per heavy atom. The van der Waals surface area contributed by atoms with Gasteiger partial charge in [-0.1, -0.05) is 176 Å². The fraction of sp³-hybridized carbons (Fsp3) is 0. The van der Waals surface area contributed by atoms with Crippen molar-refractivity contribution in [2.75, 3.05) is 4.90 Å². The molecule has 13 rings (SSSR count). The maximum Gasteiger partial charge on any atom is 0.138 e. The molecule has 0 spiro atoms. The first-order chi connectivity index (χ1) is 32.2. The maximum atomic E-state index is 6.85. The second-order valence-corrected chi connectivity index (χ2v) is 16.8. The average Bonchev–Trinajstić information content (AvgIpc) is 3.92. The Kier molecular flexibility index (Phi) is 8.53. The van der Waals surface area contributed by atoms with E-state index in [1.807, 2.05) is 0 Å². The van der Waals surface area contributed by atoms with Crippen LogP contribution >= 0.6 is 0 Å². The monoisotopic (exact) mass is 828 g/mol. The van der Waals surface area contributed by atoms with Crippen molar-refractivity contribution in [3.63, 3.8) is 0 Å². The van der Waals surface area contributed by atoms with E-state index in [0.29, 0.717) is 0 Å². The largest absolute Gasteiger partial charge is 0.456 e. The van der Waals surface area contributed by atoms with Crippen molar-refractivity contribution in [1.29, 1.82) is 0 Å². The van der Waals surface area contributed by atoms with Crippen LogP contribution in [0.5, 0.6) is 0 Å². The van der Waals surface area contributed by atoms with Gasteiger partial charge in [-0.3, -0.25) is 0 Å². The van der Waals surface area contributed by atoms with E-state index < -0.39 is 0 Å². The molecule has 11 aromatic carbocycles. The van der Waals surface area contributed by atoms with Gasteiger partial charge in [-0.05, 0) is 110 Å². The highest BCUT2D eigenvalue weighted by Gasteiger charge is 2.25. The zero-order valence-electron chi connectivity index (χ0n) is 35.4. The molecule has 0 amide bonds. The van der Waals surface area contributed by atoms with Crippen LogP contribution in [-0.2, 0) is 0 Å². The minimum Gasteiger partial charge on any atom is -0.456 e. The van der Waals surface area contributed by atoms with Crippen LogP contribution in [0.2, 0.25) is 0 Å². The van der Waals surface area contributed by atoms with Gasteiger partial charge >= 0.3 is 0 Å². The average molecular weight is 829 g/mol. The Balaban J connectivity index is 1.11. The van der Waals surface area contributed by atoms with E-state index in [0.717, 1.165) is 55.7 Å². The standard InChI is InChI=1S/C62H40N2O/c1-4-16-41(17-5-1)43-28-32-47(33-29-43)63(48-34-30-44(31-35-48)42-18-6-2-7-19-42)49-36-37-53-56(39-49)64(46-21-8-3-9-22-46)57-40-59-61(54-26-14-15-27-58(54)65-59)62(60(53)57)55-38-45-20-10-11-23-50(45)51-24-12-13-25-52(51)55/h1-40H. The van der Waals surface area contributed by atoms with Crippen LogP contribution in [0.15, 0.2) is 247 Å². The number of hydrogen-bond donors (Lipinski definition) is 0. The first-order valence-corrected chi connectivity index (χ1v) is 22.2. The van der Waals surface area contributed by atoms with Gasteiger partial charge < -0.3 is 13.9 Å². The topological polar surface area (TPSA) is 21.3 Å². The van der Waals surface area contributed by atoms with Gasteiger partial charge in [-0.15, -0.1) is 0 Å². The van der Waals surface area contributed by atoms with Crippen molar-refractivity contribution >= 4 is 82.4 Å². The molecule has 0 saturated carbocycles. The SMILES string of the molecule is c1ccc(-c2ccc(N(c3ccc(-c4ccccc4)cc3)c3ccc4c5c(-c6cc7ccccc7c7ccccc67)c6c(cc5n(-c5ccccc5)c4c3)oc3ccccc36)cc2)cc1. The number of anilines is 3. The lowest BCUT2D eigenvalue weighted by atomic mass is 9.88. The molecule has 3 nitrogen and oxygen atoms in total. The number of furan rings is 1. The quantitative estimate of drug-likeness (QED) is 0.149. The summed E-state index contributed by atoms with van der Waals surface area (Å²) in [5.41, 5.74) is 15.4. The third-order valence-corrected chi connectivity index (χ3v) is 13.2. The normalized spacial score (nSPS) is 11.7. The lowest BCUT2D eigenvalue weighted by Gasteiger charge is -2.26. The van der Waals surface area contributed by atoms with Gasteiger partial charge in [0.15, 0.2) is 0 Å². The molecule has 2 heterocycles. The minimum atomic E-state index is 0.866. The summed E-state index contributed by atoms with van der Waals surface area (Å²) in [5, 5.41) is 9.51. The predicted molar refractivity (Wildman–Crippen MR) is 274 cm³/mol.